The van der Waals surface area contributed by atoms with Gasteiger partial charge in [0.05, 0.1) is 28.9 Å². The van der Waals surface area contributed by atoms with Gasteiger partial charge in [-0.1, -0.05) is 19.9 Å². The smallest absolute Gasteiger partial charge is 0.338 e. The Kier molecular flexibility index (Phi) is 9.17. The average molecular weight is 526 g/mol. The van der Waals surface area contributed by atoms with Gasteiger partial charge < -0.3 is 19.0 Å². The number of imidazole rings is 1. The van der Waals surface area contributed by atoms with Gasteiger partial charge >= 0.3 is 5.97 Å². The van der Waals surface area contributed by atoms with Gasteiger partial charge in [-0.15, -0.1) is 0 Å². The van der Waals surface area contributed by atoms with Gasteiger partial charge in [0.15, 0.2) is 0 Å². The fourth-order valence-corrected chi connectivity index (χ4v) is 3.91. The highest BCUT2D eigenvalue weighted by atomic mass is 19.1. The van der Waals surface area contributed by atoms with Crippen molar-refractivity contribution in [2.75, 3.05) is 13.7 Å². The molecule has 0 spiro atoms. The van der Waals surface area contributed by atoms with Crippen molar-refractivity contribution in [3.63, 3.8) is 0 Å². The molecule has 38 heavy (non-hydrogen) atoms. The largest absolute Gasteiger partial charge is 0.456 e. The molecule has 0 fully saturated rings. The number of fused-ring (bicyclic) bond motifs is 1. The summed E-state index contributed by atoms with van der Waals surface area (Å²) < 4.78 is 42.6. The summed E-state index contributed by atoms with van der Waals surface area (Å²) in [6.45, 7) is 10.1. The Bertz CT molecular complexity index is 1490. The second kappa shape index (κ2) is 12.1. The third kappa shape index (κ3) is 6.72. The van der Waals surface area contributed by atoms with Crippen molar-refractivity contribution in [3.8, 4) is 11.3 Å². The zero-order valence-corrected chi connectivity index (χ0v) is 22.5. The summed E-state index contributed by atoms with van der Waals surface area (Å²) in [5.41, 5.74) is 0.827. The molecule has 0 radical (unpaired) electrons. The van der Waals surface area contributed by atoms with Crippen LogP contribution in [0.5, 0.6) is 0 Å². The van der Waals surface area contributed by atoms with Crippen LogP contribution in [0.25, 0.3) is 22.3 Å². The molecule has 9 heteroatoms. The first-order valence-corrected chi connectivity index (χ1v) is 12.4. The van der Waals surface area contributed by atoms with Gasteiger partial charge in [-0.25, -0.2) is 18.6 Å². The number of H-pyrrole nitrogens is 1. The first-order valence-electron chi connectivity index (χ1n) is 12.4. The summed E-state index contributed by atoms with van der Waals surface area (Å²) in [4.78, 5) is 31.3. The molecule has 0 atom stereocenters. The van der Waals surface area contributed by atoms with E-state index in [1.54, 1.807) is 46.1 Å². The number of aromatic nitrogens is 3. The number of hydrogen-bond acceptors (Lipinski definition) is 5. The Morgan fingerprint density at radius 1 is 1.05 bits per heavy atom. The molecule has 7 nitrogen and oxygen atoms in total. The number of halogens is 2. The van der Waals surface area contributed by atoms with Gasteiger partial charge in [0.1, 0.15) is 23.1 Å². The molecule has 4 aromatic rings. The highest BCUT2D eigenvalue weighted by molar-refractivity contribution is 5.94. The van der Waals surface area contributed by atoms with Crippen molar-refractivity contribution < 1.29 is 23.0 Å². The second-order valence-electron chi connectivity index (χ2n) is 9.41. The van der Waals surface area contributed by atoms with Gasteiger partial charge in [0.2, 0.25) is 5.56 Å². The van der Waals surface area contributed by atoms with Crippen molar-refractivity contribution in [1.29, 1.82) is 0 Å². The maximum Gasteiger partial charge on any atom is 0.338 e. The number of carbonyl (C=O) groups excluding carboxylic acids is 1. The first kappa shape index (κ1) is 28.7. The number of pyridine rings is 1. The first-order chi connectivity index (χ1) is 18.1. The predicted octanol–water partition coefficient (Wildman–Crippen LogP) is 5.89. The molecular weight excluding hydrogens is 492 g/mol. The summed E-state index contributed by atoms with van der Waals surface area (Å²) in [5.74, 6) is -1.27. The lowest BCUT2D eigenvalue weighted by Crippen LogP contribution is -2.23. The van der Waals surface area contributed by atoms with Gasteiger partial charge in [-0.05, 0) is 62.7 Å². The Labute approximate surface area is 220 Å². The summed E-state index contributed by atoms with van der Waals surface area (Å²) >= 11 is 0. The molecule has 0 amide bonds. The van der Waals surface area contributed by atoms with E-state index < -0.39 is 28.8 Å². The number of nitrogens with zero attached hydrogens (tertiary/aromatic N) is 2. The maximum absolute atomic E-state index is 15.1. The lowest BCUT2D eigenvalue weighted by Gasteiger charge is -2.19. The van der Waals surface area contributed by atoms with Crippen molar-refractivity contribution in [1.82, 2.24) is 14.5 Å². The van der Waals surface area contributed by atoms with Crippen LogP contribution >= 0.6 is 0 Å². The van der Waals surface area contributed by atoms with Crippen LogP contribution in [-0.4, -0.2) is 39.8 Å². The third-order valence-corrected chi connectivity index (χ3v) is 5.52. The molecule has 0 unspecified atom stereocenters. The molecule has 2 aromatic carbocycles. The third-order valence-electron chi connectivity index (χ3n) is 5.52. The van der Waals surface area contributed by atoms with E-state index >= 15 is 4.39 Å². The number of nitrogens with one attached hydrogen (secondary N) is 1. The van der Waals surface area contributed by atoms with E-state index in [0.717, 1.165) is 12.1 Å². The number of carbonyl (C=O) groups is 1. The monoisotopic (exact) mass is 525 g/mol. The summed E-state index contributed by atoms with van der Waals surface area (Å²) in [6, 6.07) is 11.5. The Morgan fingerprint density at radius 2 is 1.79 bits per heavy atom. The number of ether oxygens (including phenoxy) is 2. The minimum absolute atomic E-state index is 0.00844. The molecule has 0 aliphatic carbocycles. The lowest BCUT2D eigenvalue weighted by molar-refractivity contribution is 0.00696. The zero-order chi connectivity index (χ0) is 28.0. The molecule has 1 N–H and O–H groups in total. The van der Waals surface area contributed by atoms with Crippen LogP contribution < -0.4 is 5.56 Å². The van der Waals surface area contributed by atoms with E-state index in [2.05, 4.69) is 9.97 Å². The predicted molar refractivity (Wildman–Crippen MR) is 143 cm³/mol. The second-order valence-corrected chi connectivity index (χ2v) is 9.41. The van der Waals surface area contributed by atoms with Crippen molar-refractivity contribution in [3.05, 3.63) is 87.5 Å². The molecule has 4 rings (SSSR count). The van der Waals surface area contributed by atoms with Crippen LogP contribution in [0.2, 0.25) is 0 Å². The maximum atomic E-state index is 15.1. The lowest BCUT2D eigenvalue weighted by atomic mass is 10.0. The summed E-state index contributed by atoms with van der Waals surface area (Å²) in [5, 5.41) is 0. The van der Waals surface area contributed by atoms with Crippen LogP contribution in [-0.2, 0) is 22.4 Å². The Balaban J connectivity index is 0.00000195. The van der Waals surface area contributed by atoms with Crippen LogP contribution in [0.1, 0.15) is 56.4 Å². The summed E-state index contributed by atoms with van der Waals surface area (Å²) in [6.07, 6.45) is 0.00844. The number of methoxy groups -OCH3 is 1. The van der Waals surface area contributed by atoms with E-state index in [9.17, 15) is 14.0 Å². The molecule has 0 aliphatic rings. The highest BCUT2D eigenvalue weighted by Crippen LogP contribution is 2.27. The zero-order valence-electron chi connectivity index (χ0n) is 22.5. The van der Waals surface area contributed by atoms with Crippen molar-refractivity contribution in [2.24, 2.45) is 0 Å². The van der Waals surface area contributed by atoms with Crippen molar-refractivity contribution >= 4 is 17.0 Å². The number of aromatic amines is 1. The normalized spacial score (nSPS) is 11.3. The Hall–Kier alpha value is -3.85. The molecule has 0 bridgehead atoms. The SMILES string of the molecule is CC.COCCn1c(Cc2cc(F)c(-c3cccc(=O)[nH]3)cc2F)nc2ccc(C(=O)OC(C)(C)C)cc21. The molecular formula is C29H33F2N3O4. The minimum atomic E-state index is -0.667. The van der Waals surface area contributed by atoms with Crippen LogP contribution in [0.4, 0.5) is 8.78 Å². The average Bonchev–Trinajstić information content (AvgIpc) is 3.21. The standard InChI is InChI=1S/C27H27F2N3O4.C2H6/c1-27(2,3)36-26(34)16-8-9-22-23(13-16)32(10-11-35-4)24(30-22)14-17-12-20(29)18(15-19(17)28)21-6-5-7-25(33)31-21;1-2/h5-9,12-13,15H,10-11,14H2,1-4H3,(H,31,33);1-2H3. The highest BCUT2D eigenvalue weighted by Gasteiger charge is 2.21. The van der Waals surface area contributed by atoms with Gasteiger partial charge in [-0.3, -0.25) is 4.79 Å². The quantitative estimate of drug-likeness (QED) is 0.304. The van der Waals surface area contributed by atoms with E-state index in [0.29, 0.717) is 35.6 Å². The van der Waals surface area contributed by atoms with Gasteiger partial charge in [0, 0.05) is 31.7 Å². The molecule has 0 aliphatic heterocycles. The van der Waals surface area contributed by atoms with Gasteiger partial charge in [0.25, 0.3) is 0 Å². The molecule has 0 saturated carbocycles. The minimum Gasteiger partial charge on any atom is -0.456 e. The van der Waals surface area contributed by atoms with Crippen LogP contribution in [0, 0.1) is 11.6 Å². The van der Waals surface area contributed by atoms with E-state index in [4.69, 9.17) is 9.47 Å². The van der Waals surface area contributed by atoms with E-state index in [-0.39, 0.29) is 23.2 Å². The topological polar surface area (TPSA) is 86.2 Å². The number of benzene rings is 2. The number of hydrogen-bond donors (Lipinski definition) is 1. The molecule has 2 heterocycles. The fourth-order valence-electron chi connectivity index (χ4n) is 3.91. The molecule has 202 valence electrons. The summed E-state index contributed by atoms with van der Waals surface area (Å²) in [7, 11) is 1.56. The van der Waals surface area contributed by atoms with Crippen LogP contribution in [0.15, 0.2) is 53.3 Å². The van der Waals surface area contributed by atoms with Gasteiger partial charge in [-0.2, -0.15) is 0 Å². The number of esters is 1. The van der Waals surface area contributed by atoms with E-state index in [1.165, 1.54) is 18.2 Å². The van der Waals surface area contributed by atoms with E-state index in [1.807, 2.05) is 18.4 Å². The Morgan fingerprint density at radius 3 is 2.45 bits per heavy atom. The molecule has 0 saturated heterocycles. The molecule has 2 aromatic heterocycles. The number of rotatable bonds is 7. The fraction of sp³-hybridized carbons (Fsp3) is 0.345. The van der Waals surface area contributed by atoms with Crippen molar-refractivity contribution in [2.45, 2.75) is 53.2 Å². The van der Waals surface area contributed by atoms with Crippen LogP contribution in [0.3, 0.4) is 0 Å².